The normalized spacial score (nSPS) is 20.4. The number of benzene rings is 1. The molecule has 1 aromatic heterocycles. The maximum absolute atomic E-state index is 12.4. The number of carbonyl (C=O) groups is 1. The quantitative estimate of drug-likeness (QED) is 0.715. The molecule has 1 fully saturated rings. The molecule has 0 radical (unpaired) electrons. The maximum atomic E-state index is 12.4. The molecular weight excluding hydrogens is 407 g/mol. The van der Waals surface area contributed by atoms with E-state index in [1.54, 1.807) is 6.07 Å². The lowest BCUT2D eigenvalue weighted by Crippen LogP contribution is -2.18. The van der Waals surface area contributed by atoms with Gasteiger partial charge in [0.05, 0.1) is 0 Å². The summed E-state index contributed by atoms with van der Waals surface area (Å²) in [5.41, 5.74) is 0.670. The molecule has 6 nitrogen and oxygen atoms in total. The second-order valence-electron chi connectivity index (χ2n) is 6.16. The van der Waals surface area contributed by atoms with Crippen molar-refractivity contribution in [1.82, 2.24) is 15.4 Å². The van der Waals surface area contributed by atoms with Crippen molar-refractivity contribution < 1.29 is 27.8 Å². The molecule has 146 valence electrons. The molecule has 0 saturated heterocycles. The molecule has 0 aliphatic heterocycles. The number of aromatic amines is 1. The van der Waals surface area contributed by atoms with Crippen LogP contribution in [0, 0.1) is 0 Å². The Morgan fingerprint density at radius 1 is 1.26 bits per heavy atom. The van der Waals surface area contributed by atoms with Gasteiger partial charge in [0.15, 0.2) is 10.7 Å². The lowest BCUT2D eigenvalue weighted by Gasteiger charge is -2.28. The molecule has 0 unspecified atom stereocenters. The number of alkyl halides is 3. The van der Waals surface area contributed by atoms with Crippen LogP contribution in [0.15, 0.2) is 23.2 Å². The third-order valence-corrected chi connectivity index (χ3v) is 5.81. The summed E-state index contributed by atoms with van der Waals surface area (Å²) < 4.78 is 41.3. The van der Waals surface area contributed by atoms with Gasteiger partial charge in [-0.25, -0.2) is 4.79 Å². The molecule has 2 N–H and O–H groups in total. The van der Waals surface area contributed by atoms with Crippen LogP contribution in [-0.2, 0) is 0 Å². The number of nitrogens with one attached hydrogen (secondary N) is 1. The number of thioether (sulfide) groups is 1. The smallest absolute Gasteiger partial charge is 0.476 e. The van der Waals surface area contributed by atoms with Gasteiger partial charge in [-0.3, -0.25) is 5.10 Å². The summed E-state index contributed by atoms with van der Waals surface area (Å²) in [5, 5.41) is 19.5. The molecule has 0 atom stereocenters. The van der Waals surface area contributed by atoms with Crippen LogP contribution < -0.4 is 4.74 Å². The van der Waals surface area contributed by atoms with E-state index in [2.05, 4.69) is 20.1 Å². The van der Waals surface area contributed by atoms with Crippen LogP contribution in [0.1, 0.15) is 47.7 Å². The second kappa shape index (κ2) is 7.97. The van der Waals surface area contributed by atoms with Crippen LogP contribution in [0.4, 0.5) is 13.2 Å². The third kappa shape index (κ3) is 5.29. The van der Waals surface area contributed by atoms with E-state index in [4.69, 9.17) is 16.7 Å². The molecular formula is C16H15ClF3N3O3S. The minimum absolute atomic E-state index is 0.0362. The van der Waals surface area contributed by atoms with Crippen LogP contribution in [0.3, 0.4) is 0 Å². The molecule has 11 heteroatoms. The molecule has 27 heavy (non-hydrogen) atoms. The molecule has 0 bridgehead atoms. The number of ether oxygens (including phenoxy) is 1. The number of nitrogens with zero attached hydrogens (tertiary/aromatic N) is 2. The number of H-pyrrole nitrogens is 1. The zero-order valence-corrected chi connectivity index (χ0v) is 15.4. The SMILES string of the molecule is O=C(O)c1[nH]nnc1S[C@H]1CC[C@@H](c2cc(Cl)cc(OC(F)(F)F)c2)CC1. The number of hydrogen-bond donors (Lipinski definition) is 2. The van der Waals surface area contributed by atoms with Crippen LogP contribution in [0.25, 0.3) is 0 Å². The second-order valence-corrected chi connectivity index (χ2v) is 7.88. The summed E-state index contributed by atoms with van der Waals surface area (Å²) in [6.07, 6.45) is -1.75. The van der Waals surface area contributed by atoms with Gasteiger partial charge < -0.3 is 9.84 Å². The summed E-state index contributed by atoms with van der Waals surface area (Å²) in [6.45, 7) is 0. The van der Waals surface area contributed by atoms with Gasteiger partial charge in [0.1, 0.15) is 5.75 Å². The first-order valence-electron chi connectivity index (χ1n) is 8.08. The first-order valence-corrected chi connectivity index (χ1v) is 9.34. The van der Waals surface area contributed by atoms with Gasteiger partial charge in [0.2, 0.25) is 0 Å². The van der Waals surface area contributed by atoms with Crippen molar-refractivity contribution in [3.63, 3.8) is 0 Å². The van der Waals surface area contributed by atoms with Crippen LogP contribution in [-0.4, -0.2) is 38.1 Å². The van der Waals surface area contributed by atoms with E-state index < -0.39 is 12.3 Å². The fourth-order valence-corrected chi connectivity index (χ4v) is 4.52. The average Bonchev–Trinajstić information content (AvgIpc) is 3.01. The minimum atomic E-state index is -4.77. The third-order valence-electron chi connectivity index (χ3n) is 4.28. The molecule has 2 aromatic rings. The van der Waals surface area contributed by atoms with Gasteiger partial charge in [-0.05, 0) is 55.4 Å². The van der Waals surface area contributed by atoms with Crippen molar-refractivity contribution >= 4 is 29.3 Å². The van der Waals surface area contributed by atoms with Crippen molar-refractivity contribution in [2.75, 3.05) is 0 Å². The van der Waals surface area contributed by atoms with Gasteiger partial charge in [-0.15, -0.1) is 18.3 Å². The standard InChI is InChI=1S/C16H15ClF3N3O3S/c17-10-5-9(6-11(7-10)26-16(18,19)20)8-1-3-12(4-2-8)27-14-13(15(24)25)21-23-22-14/h5-8,12H,1-4H2,(H,24,25)(H,21,22,23)/t8-,12+. The van der Waals surface area contributed by atoms with Crippen molar-refractivity contribution in [3.8, 4) is 5.75 Å². The fourth-order valence-electron chi connectivity index (χ4n) is 3.12. The van der Waals surface area contributed by atoms with Crippen LogP contribution in [0.5, 0.6) is 5.75 Å². The fraction of sp³-hybridized carbons (Fsp3) is 0.438. The Balaban J connectivity index is 1.64. The van der Waals surface area contributed by atoms with Gasteiger partial charge in [-0.1, -0.05) is 28.6 Å². The highest BCUT2D eigenvalue weighted by Gasteiger charge is 2.32. The number of aromatic nitrogens is 3. The molecule has 1 aromatic carbocycles. The van der Waals surface area contributed by atoms with Crippen molar-refractivity contribution in [3.05, 3.63) is 34.5 Å². The Morgan fingerprint density at radius 2 is 1.96 bits per heavy atom. The molecule has 0 spiro atoms. The van der Waals surface area contributed by atoms with E-state index >= 15 is 0 Å². The van der Waals surface area contributed by atoms with E-state index in [0.717, 1.165) is 31.7 Å². The first kappa shape index (κ1) is 19.8. The highest BCUT2D eigenvalue weighted by Crippen LogP contribution is 2.41. The highest BCUT2D eigenvalue weighted by atomic mass is 35.5. The molecule has 1 aliphatic rings. The summed E-state index contributed by atoms with van der Waals surface area (Å²) in [4.78, 5) is 11.1. The van der Waals surface area contributed by atoms with Crippen LogP contribution >= 0.6 is 23.4 Å². The van der Waals surface area contributed by atoms with E-state index in [-0.39, 0.29) is 27.6 Å². The number of carboxylic acids is 1. The van der Waals surface area contributed by atoms with Gasteiger partial charge >= 0.3 is 12.3 Å². The van der Waals surface area contributed by atoms with Gasteiger partial charge in [-0.2, -0.15) is 0 Å². The first-order chi connectivity index (χ1) is 12.7. The van der Waals surface area contributed by atoms with E-state index in [9.17, 15) is 18.0 Å². The van der Waals surface area contributed by atoms with Gasteiger partial charge in [0.25, 0.3) is 0 Å². The van der Waals surface area contributed by atoms with E-state index in [1.807, 2.05) is 0 Å². The van der Waals surface area contributed by atoms with Crippen molar-refractivity contribution in [1.29, 1.82) is 0 Å². The highest BCUT2D eigenvalue weighted by molar-refractivity contribution is 7.99. The average molecular weight is 422 g/mol. The van der Waals surface area contributed by atoms with E-state index in [1.165, 1.54) is 17.8 Å². The Labute approximate surface area is 161 Å². The zero-order valence-electron chi connectivity index (χ0n) is 13.8. The summed E-state index contributed by atoms with van der Waals surface area (Å²) >= 11 is 7.30. The molecule has 3 rings (SSSR count). The Kier molecular flexibility index (Phi) is 5.85. The Hall–Kier alpha value is -1.94. The summed E-state index contributed by atoms with van der Waals surface area (Å²) in [7, 11) is 0. The summed E-state index contributed by atoms with van der Waals surface area (Å²) in [5.74, 6) is -1.38. The molecule has 1 heterocycles. The van der Waals surface area contributed by atoms with Crippen molar-refractivity contribution in [2.24, 2.45) is 0 Å². The number of hydrogen-bond acceptors (Lipinski definition) is 5. The lowest BCUT2D eigenvalue weighted by molar-refractivity contribution is -0.274. The van der Waals surface area contributed by atoms with Crippen molar-refractivity contribution in [2.45, 2.75) is 48.2 Å². The van der Waals surface area contributed by atoms with Gasteiger partial charge in [0, 0.05) is 10.3 Å². The number of rotatable bonds is 5. The van der Waals surface area contributed by atoms with Crippen LogP contribution in [0.2, 0.25) is 5.02 Å². The predicted octanol–water partition coefficient (Wildman–Crippen LogP) is 4.87. The zero-order chi connectivity index (χ0) is 19.6. The maximum Gasteiger partial charge on any atom is 0.573 e. The molecule has 1 saturated carbocycles. The van der Waals surface area contributed by atoms with E-state index in [0.29, 0.717) is 10.6 Å². The summed E-state index contributed by atoms with van der Waals surface area (Å²) in [6, 6.07) is 4.17. The Bertz CT molecular complexity index is 823. The lowest BCUT2D eigenvalue weighted by atomic mass is 9.84. The molecule has 0 amide bonds. The number of carboxylic acid groups (broad SMARTS) is 1. The predicted molar refractivity (Wildman–Crippen MR) is 92.3 cm³/mol. The Morgan fingerprint density at radius 3 is 2.59 bits per heavy atom. The number of halogens is 4. The monoisotopic (exact) mass is 421 g/mol. The number of aromatic carboxylic acids is 1. The topological polar surface area (TPSA) is 88.1 Å². The molecule has 1 aliphatic carbocycles. The largest absolute Gasteiger partial charge is 0.573 e. The minimum Gasteiger partial charge on any atom is -0.476 e.